The van der Waals surface area contributed by atoms with Crippen LogP contribution in [0.4, 0.5) is 0 Å². The first kappa shape index (κ1) is 18.0. The maximum atomic E-state index is 5.24. The molecule has 1 aliphatic carbocycles. The van der Waals surface area contributed by atoms with E-state index in [1.54, 1.807) is 7.11 Å². The van der Waals surface area contributed by atoms with E-state index in [2.05, 4.69) is 66.8 Å². The molecule has 0 unspecified atom stereocenters. The lowest BCUT2D eigenvalue weighted by atomic mass is 9.82. The van der Waals surface area contributed by atoms with Crippen LogP contribution in [0.3, 0.4) is 0 Å². The zero-order chi connectivity index (χ0) is 17.5. The summed E-state index contributed by atoms with van der Waals surface area (Å²) >= 11 is 0. The predicted molar refractivity (Wildman–Crippen MR) is 105 cm³/mol. The average Bonchev–Trinajstić information content (AvgIpc) is 2.68. The Morgan fingerprint density at radius 2 is 1.64 bits per heavy atom. The van der Waals surface area contributed by atoms with Gasteiger partial charge in [0.05, 0.1) is 7.11 Å². The highest BCUT2D eigenvalue weighted by Crippen LogP contribution is 2.28. The first-order valence-corrected chi connectivity index (χ1v) is 9.66. The summed E-state index contributed by atoms with van der Waals surface area (Å²) < 4.78 is 5.24. The summed E-state index contributed by atoms with van der Waals surface area (Å²) in [7, 11) is 1.72. The lowest BCUT2D eigenvalue weighted by Gasteiger charge is -2.30. The van der Waals surface area contributed by atoms with Gasteiger partial charge in [0.25, 0.3) is 0 Å². The van der Waals surface area contributed by atoms with Gasteiger partial charge in [0.1, 0.15) is 5.75 Å². The highest BCUT2D eigenvalue weighted by Gasteiger charge is 2.21. The molecule has 0 amide bonds. The van der Waals surface area contributed by atoms with Crippen molar-refractivity contribution in [3.05, 3.63) is 65.7 Å². The Morgan fingerprint density at radius 3 is 2.28 bits per heavy atom. The standard InChI is InChI=1S/C23H31NO/c1-18(21-6-4-3-5-7-21)17-24-22-12-8-19(9-13-22)16-20-10-14-23(25-2)15-11-20/h3-7,10-11,14-15,18-19,22,24H,8-9,12-13,16-17H2,1-2H3/t18-,19?,22?/m1/s1. The number of methoxy groups -OCH3 is 1. The zero-order valence-electron chi connectivity index (χ0n) is 15.6. The van der Waals surface area contributed by atoms with Crippen molar-refractivity contribution in [2.45, 2.75) is 51.0 Å². The summed E-state index contributed by atoms with van der Waals surface area (Å²) in [6, 6.07) is 20.1. The molecule has 0 bridgehead atoms. The van der Waals surface area contributed by atoms with Crippen molar-refractivity contribution in [2.75, 3.05) is 13.7 Å². The molecular weight excluding hydrogens is 306 g/mol. The van der Waals surface area contributed by atoms with E-state index in [-0.39, 0.29) is 0 Å². The number of rotatable bonds is 7. The molecule has 0 aliphatic heterocycles. The van der Waals surface area contributed by atoms with Crippen molar-refractivity contribution in [1.82, 2.24) is 5.32 Å². The van der Waals surface area contributed by atoms with Crippen LogP contribution >= 0.6 is 0 Å². The molecule has 1 saturated carbocycles. The summed E-state index contributed by atoms with van der Waals surface area (Å²) in [5.74, 6) is 2.36. The minimum absolute atomic E-state index is 0.582. The molecule has 1 aliphatic rings. The number of hydrogen-bond acceptors (Lipinski definition) is 2. The number of ether oxygens (including phenoxy) is 1. The fourth-order valence-corrected chi connectivity index (χ4v) is 3.91. The second-order valence-corrected chi connectivity index (χ2v) is 7.49. The van der Waals surface area contributed by atoms with E-state index in [0.717, 1.165) is 18.2 Å². The Balaban J connectivity index is 1.39. The highest BCUT2D eigenvalue weighted by atomic mass is 16.5. The average molecular weight is 338 g/mol. The monoisotopic (exact) mass is 337 g/mol. The molecule has 0 heterocycles. The Hall–Kier alpha value is -1.80. The minimum Gasteiger partial charge on any atom is -0.497 e. The molecule has 1 atom stereocenters. The van der Waals surface area contributed by atoms with E-state index in [1.165, 1.54) is 43.2 Å². The van der Waals surface area contributed by atoms with Crippen molar-refractivity contribution < 1.29 is 4.74 Å². The van der Waals surface area contributed by atoms with Gasteiger partial charge in [0, 0.05) is 12.6 Å². The second kappa shape index (κ2) is 9.05. The quantitative estimate of drug-likeness (QED) is 0.751. The number of nitrogens with one attached hydrogen (secondary N) is 1. The molecule has 2 aromatic rings. The van der Waals surface area contributed by atoms with E-state index >= 15 is 0 Å². The topological polar surface area (TPSA) is 21.3 Å². The third-order valence-corrected chi connectivity index (χ3v) is 5.61. The summed E-state index contributed by atoms with van der Waals surface area (Å²) in [4.78, 5) is 0. The predicted octanol–water partition coefficient (Wildman–Crippen LogP) is 5.19. The largest absolute Gasteiger partial charge is 0.497 e. The van der Waals surface area contributed by atoms with Crippen LogP contribution < -0.4 is 10.1 Å². The van der Waals surface area contributed by atoms with Crippen molar-refractivity contribution >= 4 is 0 Å². The van der Waals surface area contributed by atoms with Crippen LogP contribution in [-0.2, 0) is 6.42 Å². The van der Waals surface area contributed by atoms with E-state index in [4.69, 9.17) is 4.74 Å². The maximum absolute atomic E-state index is 5.24. The van der Waals surface area contributed by atoms with Gasteiger partial charge in [-0.2, -0.15) is 0 Å². The molecule has 25 heavy (non-hydrogen) atoms. The van der Waals surface area contributed by atoms with Gasteiger partial charge < -0.3 is 10.1 Å². The molecule has 1 fully saturated rings. The van der Waals surface area contributed by atoms with Gasteiger partial charge in [-0.1, -0.05) is 49.4 Å². The fraction of sp³-hybridized carbons (Fsp3) is 0.478. The second-order valence-electron chi connectivity index (χ2n) is 7.49. The molecule has 2 heteroatoms. The summed E-state index contributed by atoms with van der Waals surface area (Å²) in [6.45, 7) is 3.40. The van der Waals surface area contributed by atoms with Gasteiger partial charge >= 0.3 is 0 Å². The van der Waals surface area contributed by atoms with Crippen LogP contribution in [0.1, 0.15) is 49.7 Å². The lowest BCUT2D eigenvalue weighted by molar-refractivity contribution is 0.288. The molecular formula is C23H31NO. The molecule has 0 spiro atoms. The van der Waals surface area contributed by atoms with Crippen LogP contribution in [0, 0.1) is 5.92 Å². The van der Waals surface area contributed by atoms with Crippen LogP contribution in [-0.4, -0.2) is 19.7 Å². The van der Waals surface area contributed by atoms with Crippen molar-refractivity contribution in [1.29, 1.82) is 0 Å². The highest BCUT2D eigenvalue weighted by molar-refractivity contribution is 5.27. The van der Waals surface area contributed by atoms with Crippen LogP contribution in [0.5, 0.6) is 5.75 Å². The van der Waals surface area contributed by atoms with Gasteiger partial charge in [0.15, 0.2) is 0 Å². The first-order valence-electron chi connectivity index (χ1n) is 9.66. The minimum atomic E-state index is 0.582. The van der Waals surface area contributed by atoms with Gasteiger partial charge in [-0.3, -0.25) is 0 Å². The van der Waals surface area contributed by atoms with Crippen LogP contribution in [0.25, 0.3) is 0 Å². The third-order valence-electron chi connectivity index (χ3n) is 5.61. The maximum Gasteiger partial charge on any atom is 0.118 e. The van der Waals surface area contributed by atoms with Gasteiger partial charge in [0.2, 0.25) is 0 Å². The summed E-state index contributed by atoms with van der Waals surface area (Å²) in [6.07, 6.45) is 6.49. The molecule has 3 rings (SSSR count). The van der Waals surface area contributed by atoms with Crippen molar-refractivity contribution in [3.8, 4) is 5.75 Å². The van der Waals surface area contributed by atoms with E-state index in [0.29, 0.717) is 12.0 Å². The third kappa shape index (κ3) is 5.34. The molecule has 134 valence electrons. The Bertz CT molecular complexity index is 614. The molecule has 2 aromatic carbocycles. The van der Waals surface area contributed by atoms with Gasteiger partial charge in [-0.05, 0) is 67.2 Å². The number of hydrogen-bond donors (Lipinski definition) is 1. The molecule has 0 aromatic heterocycles. The summed E-state index contributed by atoms with van der Waals surface area (Å²) in [5.41, 5.74) is 2.87. The zero-order valence-corrected chi connectivity index (χ0v) is 15.6. The Labute approximate surface area is 152 Å². The van der Waals surface area contributed by atoms with E-state index in [9.17, 15) is 0 Å². The lowest BCUT2D eigenvalue weighted by Crippen LogP contribution is -2.35. The smallest absolute Gasteiger partial charge is 0.118 e. The first-order chi connectivity index (χ1) is 12.2. The molecule has 0 saturated heterocycles. The van der Waals surface area contributed by atoms with Crippen LogP contribution in [0.15, 0.2) is 54.6 Å². The Kier molecular flexibility index (Phi) is 6.52. The normalized spacial score (nSPS) is 21.7. The van der Waals surface area contributed by atoms with Crippen molar-refractivity contribution in [3.63, 3.8) is 0 Å². The molecule has 2 nitrogen and oxygen atoms in total. The fourth-order valence-electron chi connectivity index (χ4n) is 3.91. The van der Waals surface area contributed by atoms with Gasteiger partial charge in [-0.15, -0.1) is 0 Å². The Morgan fingerprint density at radius 1 is 0.960 bits per heavy atom. The van der Waals surface area contributed by atoms with Crippen LogP contribution in [0.2, 0.25) is 0 Å². The van der Waals surface area contributed by atoms with E-state index < -0.39 is 0 Å². The molecule has 1 N–H and O–H groups in total. The SMILES string of the molecule is COc1ccc(CC2CCC(NC[C@@H](C)c3ccccc3)CC2)cc1. The van der Waals surface area contributed by atoms with Crippen molar-refractivity contribution in [2.24, 2.45) is 5.92 Å². The molecule has 0 radical (unpaired) electrons. The van der Waals surface area contributed by atoms with E-state index in [1.807, 2.05) is 0 Å². The van der Waals surface area contributed by atoms with Gasteiger partial charge in [-0.25, -0.2) is 0 Å². The number of benzene rings is 2. The summed E-state index contributed by atoms with van der Waals surface area (Å²) in [5, 5.41) is 3.80.